The zero-order valence-corrected chi connectivity index (χ0v) is 20.6. The predicted molar refractivity (Wildman–Crippen MR) is 126 cm³/mol. The molecule has 0 heterocycles. The molecule has 190 valence electrons. The highest BCUT2D eigenvalue weighted by Crippen LogP contribution is 2.23. The maximum atomic E-state index is 13.5. The molecule has 0 bridgehead atoms. The van der Waals surface area contributed by atoms with E-state index in [0.717, 1.165) is 12.8 Å². The zero-order chi connectivity index (χ0) is 25.7. The van der Waals surface area contributed by atoms with Gasteiger partial charge in [-0.25, -0.2) is 4.79 Å². The highest BCUT2D eigenvalue weighted by Gasteiger charge is 2.36. The molecule has 0 spiro atoms. The summed E-state index contributed by atoms with van der Waals surface area (Å²) in [4.78, 5) is 51.8. The smallest absolute Gasteiger partial charge is 0.408 e. The molecule has 0 saturated heterocycles. The summed E-state index contributed by atoms with van der Waals surface area (Å²) in [5.41, 5.74) is -0.280. The van der Waals surface area contributed by atoms with Crippen molar-refractivity contribution in [3.8, 4) is 0 Å². The first-order chi connectivity index (χ1) is 16.0. The molecule has 0 aliphatic heterocycles. The molecule has 34 heavy (non-hydrogen) atoms. The SMILES string of the molecule is CCCCCN(C(=O)C(CO)NC(=O)OC(C)(C)C)C(C(=O)NCC(=O)OC)c1ccccc1. The van der Waals surface area contributed by atoms with Crippen LogP contribution in [0.3, 0.4) is 0 Å². The Hall–Kier alpha value is -3.14. The topological polar surface area (TPSA) is 134 Å². The van der Waals surface area contributed by atoms with Gasteiger partial charge in [-0.15, -0.1) is 0 Å². The number of rotatable bonds is 12. The Balaban J connectivity index is 3.29. The van der Waals surface area contributed by atoms with Crippen LogP contribution in [0, 0.1) is 0 Å². The van der Waals surface area contributed by atoms with Gasteiger partial charge in [-0.2, -0.15) is 0 Å². The highest BCUT2D eigenvalue weighted by atomic mass is 16.6. The number of aliphatic hydroxyl groups is 1. The largest absolute Gasteiger partial charge is 0.468 e. The minimum atomic E-state index is -1.32. The van der Waals surface area contributed by atoms with Gasteiger partial charge in [0.2, 0.25) is 11.8 Å². The first-order valence-electron chi connectivity index (χ1n) is 11.3. The Morgan fingerprint density at radius 2 is 1.74 bits per heavy atom. The Morgan fingerprint density at radius 1 is 1.09 bits per heavy atom. The number of nitrogens with zero attached hydrogens (tertiary/aromatic N) is 1. The predicted octanol–water partition coefficient (Wildman–Crippen LogP) is 1.92. The van der Waals surface area contributed by atoms with E-state index < -0.39 is 48.2 Å². The molecule has 2 unspecified atom stereocenters. The lowest BCUT2D eigenvalue weighted by Crippen LogP contribution is -2.54. The molecule has 3 amide bonds. The third-order valence-electron chi connectivity index (χ3n) is 4.77. The number of carbonyl (C=O) groups is 4. The summed E-state index contributed by atoms with van der Waals surface area (Å²) in [7, 11) is 1.21. The average Bonchev–Trinajstić information content (AvgIpc) is 2.79. The molecule has 10 nitrogen and oxygen atoms in total. The van der Waals surface area contributed by atoms with Gasteiger partial charge < -0.3 is 30.1 Å². The van der Waals surface area contributed by atoms with Crippen molar-refractivity contribution in [2.45, 2.75) is 64.6 Å². The van der Waals surface area contributed by atoms with Crippen LogP contribution in [0.1, 0.15) is 58.6 Å². The van der Waals surface area contributed by atoms with Gasteiger partial charge in [-0.05, 0) is 32.8 Å². The summed E-state index contributed by atoms with van der Waals surface area (Å²) in [5, 5.41) is 14.8. The van der Waals surface area contributed by atoms with Crippen LogP contribution in [0.15, 0.2) is 30.3 Å². The first kappa shape index (κ1) is 28.9. The number of amides is 3. The van der Waals surface area contributed by atoms with Crippen LogP contribution in [0.25, 0.3) is 0 Å². The number of esters is 1. The van der Waals surface area contributed by atoms with E-state index in [0.29, 0.717) is 12.0 Å². The van der Waals surface area contributed by atoms with E-state index in [9.17, 15) is 24.3 Å². The van der Waals surface area contributed by atoms with Crippen molar-refractivity contribution in [2.24, 2.45) is 0 Å². The van der Waals surface area contributed by atoms with Crippen LogP contribution in [0.2, 0.25) is 0 Å². The summed E-state index contributed by atoms with van der Waals surface area (Å²) >= 11 is 0. The Bertz CT molecular complexity index is 809. The second-order valence-electron chi connectivity index (χ2n) is 8.73. The van der Waals surface area contributed by atoms with Crippen molar-refractivity contribution in [3.05, 3.63) is 35.9 Å². The van der Waals surface area contributed by atoms with Crippen molar-refractivity contribution in [1.29, 1.82) is 0 Å². The highest BCUT2D eigenvalue weighted by molar-refractivity contribution is 5.93. The number of nitrogens with one attached hydrogen (secondary N) is 2. The number of alkyl carbamates (subject to hydrolysis) is 1. The van der Waals surface area contributed by atoms with Gasteiger partial charge in [-0.3, -0.25) is 14.4 Å². The lowest BCUT2D eigenvalue weighted by molar-refractivity contribution is -0.145. The quantitative estimate of drug-likeness (QED) is 0.308. The maximum Gasteiger partial charge on any atom is 0.408 e. The lowest BCUT2D eigenvalue weighted by Gasteiger charge is -2.34. The summed E-state index contributed by atoms with van der Waals surface area (Å²) in [6.07, 6.45) is 1.42. The normalized spacial score (nSPS) is 12.8. The van der Waals surface area contributed by atoms with Gasteiger partial charge in [0.25, 0.3) is 0 Å². The van der Waals surface area contributed by atoms with E-state index in [1.807, 2.05) is 6.92 Å². The maximum absolute atomic E-state index is 13.5. The van der Waals surface area contributed by atoms with Crippen LogP contribution in [0.5, 0.6) is 0 Å². The van der Waals surface area contributed by atoms with Crippen molar-refractivity contribution in [1.82, 2.24) is 15.5 Å². The monoisotopic (exact) mass is 479 g/mol. The number of aliphatic hydroxyl groups excluding tert-OH is 1. The minimum Gasteiger partial charge on any atom is -0.468 e. The molecule has 1 rings (SSSR count). The molecule has 1 aromatic rings. The fourth-order valence-electron chi connectivity index (χ4n) is 3.17. The summed E-state index contributed by atoms with van der Waals surface area (Å²) < 4.78 is 9.79. The van der Waals surface area contributed by atoms with E-state index >= 15 is 0 Å². The molecule has 2 atom stereocenters. The second-order valence-corrected chi connectivity index (χ2v) is 8.73. The molecule has 0 saturated carbocycles. The van der Waals surface area contributed by atoms with E-state index in [1.165, 1.54) is 12.0 Å². The van der Waals surface area contributed by atoms with Gasteiger partial charge in [-0.1, -0.05) is 50.1 Å². The molecule has 0 fully saturated rings. The molecular formula is C24H37N3O7. The number of hydrogen-bond donors (Lipinski definition) is 3. The number of hydrogen-bond acceptors (Lipinski definition) is 7. The molecule has 0 aliphatic carbocycles. The minimum absolute atomic E-state index is 0.199. The molecule has 0 aromatic heterocycles. The van der Waals surface area contributed by atoms with Crippen LogP contribution in [-0.2, 0) is 23.9 Å². The number of carbonyl (C=O) groups excluding carboxylic acids is 4. The van der Waals surface area contributed by atoms with Crippen molar-refractivity contribution < 1.29 is 33.8 Å². The van der Waals surface area contributed by atoms with Crippen LogP contribution in [-0.4, -0.2) is 72.3 Å². The summed E-state index contributed by atoms with van der Waals surface area (Å²) in [6, 6.07) is 6.20. The Kier molecular flexibility index (Phi) is 12.1. The van der Waals surface area contributed by atoms with E-state index in [4.69, 9.17) is 4.74 Å². The molecule has 0 aliphatic rings. The van der Waals surface area contributed by atoms with Crippen molar-refractivity contribution >= 4 is 23.9 Å². The van der Waals surface area contributed by atoms with Gasteiger partial charge in [0, 0.05) is 6.54 Å². The third kappa shape index (κ3) is 9.78. The standard InChI is InChI=1S/C24H37N3O7/c1-6-7-11-14-27(22(31)18(16-28)26-23(32)34-24(2,3)4)20(17-12-9-8-10-13-17)21(30)25-15-19(29)33-5/h8-10,12-13,18,20,28H,6-7,11,14-16H2,1-5H3,(H,25,30)(H,26,32). The molecule has 3 N–H and O–H groups in total. The first-order valence-corrected chi connectivity index (χ1v) is 11.3. The number of benzene rings is 1. The fourth-order valence-corrected chi connectivity index (χ4v) is 3.17. The van der Waals surface area contributed by atoms with Crippen LogP contribution < -0.4 is 10.6 Å². The van der Waals surface area contributed by atoms with Gasteiger partial charge >= 0.3 is 12.1 Å². The fraction of sp³-hybridized carbons (Fsp3) is 0.583. The number of methoxy groups -OCH3 is 1. The van der Waals surface area contributed by atoms with Crippen molar-refractivity contribution in [3.63, 3.8) is 0 Å². The summed E-state index contributed by atoms with van der Waals surface area (Å²) in [5.74, 6) is -1.87. The third-order valence-corrected chi connectivity index (χ3v) is 4.77. The van der Waals surface area contributed by atoms with E-state index in [1.54, 1.807) is 51.1 Å². The second kappa shape index (κ2) is 14.2. The van der Waals surface area contributed by atoms with Crippen LogP contribution in [0.4, 0.5) is 4.79 Å². The molecular weight excluding hydrogens is 442 g/mol. The van der Waals surface area contributed by atoms with Crippen molar-refractivity contribution in [2.75, 3.05) is 26.8 Å². The number of unbranched alkanes of at least 4 members (excludes halogenated alkanes) is 2. The molecule has 10 heteroatoms. The zero-order valence-electron chi connectivity index (χ0n) is 20.6. The Labute approximate surface area is 201 Å². The Morgan fingerprint density at radius 3 is 2.26 bits per heavy atom. The average molecular weight is 480 g/mol. The number of ether oxygens (including phenoxy) is 2. The van der Waals surface area contributed by atoms with E-state index in [-0.39, 0.29) is 13.1 Å². The molecule has 1 aromatic carbocycles. The van der Waals surface area contributed by atoms with E-state index in [2.05, 4.69) is 15.4 Å². The summed E-state index contributed by atoms with van der Waals surface area (Å²) in [6.45, 7) is 6.18. The molecule has 0 radical (unpaired) electrons. The van der Waals surface area contributed by atoms with Gasteiger partial charge in [0.15, 0.2) is 0 Å². The van der Waals surface area contributed by atoms with Gasteiger partial charge in [0.1, 0.15) is 24.2 Å². The van der Waals surface area contributed by atoms with Crippen LogP contribution >= 0.6 is 0 Å². The lowest BCUT2D eigenvalue weighted by atomic mass is 10.0. The van der Waals surface area contributed by atoms with Gasteiger partial charge in [0.05, 0.1) is 13.7 Å².